The first-order valence-corrected chi connectivity index (χ1v) is 17.6. The van der Waals surface area contributed by atoms with E-state index >= 15 is 0 Å². The summed E-state index contributed by atoms with van der Waals surface area (Å²) < 4.78 is 7.28. The fourth-order valence-corrected chi connectivity index (χ4v) is 7.27. The molecule has 51 heavy (non-hydrogen) atoms. The van der Waals surface area contributed by atoms with E-state index in [4.69, 9.17) is 21.3 Å². The summed E-state index contributed by atoms with van der Waals surface area (Å²) in [5.74, 6) is 0.577. The molecule has 0 radical (unpaired) electrons. The Morgan fingerprint density at radius 2 is 1.53 bits per heavy atom. The highest BCUT2D eigenvalue weighted by molar-refractivity contribution is 6.36. The van der Waals surface area contributed by atoms with Crippen molar-refractivity contribution >= 4 is 28.9 Å². The summed E-state index contributed by atoms with van der Waals surface area (Å²) in [5.41, 5.74) is 8.31. The fourth-order valence-electron chi connectivity index (χ4n) is 6.94. The van der Waals surface area contributed by atoms with Gasteiger partial charge in [0.05, 0.1) is 24.0 Å². The number of amides is 2. The molecule has 2 atom stereocenters. The van der Waals surface area contributed by atoms with E-state index in [1.54, 1.807) is 17.7 Å². The number of carbonyl (C=O) groups is 2. The standard InChI is InChI=1S/C39H40ClN7O4/c1-23-29(24-15-16-47-28(17-24)12-9-25(39(47)50)18-41-19-26-10-13-35(48)44-26)5-3-6-30(23)31-7-4-8-32(37(31)40)33-22-43-34(38(46-33)51-2)21-42-20-27-11-14-36(49)45-27/h3-9,12,15-17,22,26-27,41-42H,10-11,13-14,18-21H2,1-2H3,(H,44,48)(H,45,49)/t26-,27-/m0/s1. The lowest BCUT2D eigenvalue weighted by Gasteiger charge is -2.16. The molecule has 0 unspecified atom stereocenters. The Labute approximate surface area is 300 Å². The number of fused-ring (bicyclic) bond motifs is 1. The minimum atomic E-state index is -0.0702. The molecular weight excluding hydrogens is 666 g/mol. The smallest absolute Gasteiger partial charge is 0.259 e. The molecule has 2 aliphatic rings. The molecule has 0 saturated carbocycles. The van der Waals surface area contributed by atoms with Crippen LogP contribution in [0.25, 0.3) is 39.0 Å². The highest BCUT2D eigenvalue weighted by Crippen LogP contribution is 2.40. The molecule has 2 saturated heterocycles. The lowest BCUT2D eigenvalue weighted by molar-refractivity contribution is -0.120. The fraction of sp³-hybridized carbons (Fsp3) is 0.308. The molecule has 262 valence electrons. The summed E-state index contributed by atoms with van der Waals surface area (Å²) in [6.45, 7) is 4.23. The van der Waals surface area contributed by atoms with Crippen LogP contribution < -0.4 is 31.6 Å². The van der Waals surface area contributed by atoms with Crippen LogP contribution in [0.2, 0.25) is 5.02 Å². The van der Waals surface area contributed by atoms with Gasteiger partial charge in [-0.25, -0.2) is 4.98 Å². The van der Waals surface area contributed by atoms with Crippen molar-refractivity contribution in [3.63, 3.8) is 0 Å². The Hall–Kier alpha value is -5.10. The van der Waals surface area contributed by atoms with Gasteiger partial charge in [-0.05, 0) is 60.2 Å². The van der Waals surface area contributed by atoms with E-state index in [-0.39, 0.29) is 29.5 Å². The lowest BCUT2D eigenvalue weighted by atomic mass is 9.92. The first-order valence-electron chi connectivity index (χ1n) is 17.2. The van der Waals surface area contributed by atoms with Crippen molar-refractivity contribution in [2.45, 2.75) is 57.8 Å². The first kappa shape index (κ1) is 34.4. The molecule has 11 nitrogen and oxygen atoms in total. The number of rotatable bonds is 12. The molecule has 3 aromatic heterocycles. The summed E-state index contributed by atoms with van der Waals surface area (Å²) in [7, 11) is 1.57. The van der Waals surface area contributed by atoms with Crippen molar-refractivity contribution in [2.24, 2.45) is 0 Å². The molecule has 2 fully saturated rings. The van der Waals surface area contributed by atoms with E-state index in [1.165, 1.54) is 0 Å². The zero-order chi connectivity index (χ0) is 35.5. The topological polar surface area (TPSA) is 139 Å². The number of carbonyl (C=O) groups excluding carboxylic acids is 2. The molecule has 0 bridgehead atoms. The van der Waals surface area contributed by atoms with Crippen LogP contribution >= 0.6 is 11.6 Å². The van der Waals surface area contributed by atoms with Crippen LogP contribution in [-0.2, 0) is 22.7 Å². The molecule has 5 heterocycles. The second-order valence-electron chi connectivity index (χ2n) is 13.1. The van der Waals surface area contributed by atoms with Gasteiger partial charge >= 0.3 is 0 Å². The van der Waals surface area contributed by atoms with Gasteiger partial charge in [-0.1, -0.05) is 54.1 Å². The second kappa shape index (κ2) is 15.0. The van der Waals surface area contributed by atoms with Crippen LogP contribution in [0, 0.1) is 6.92 Å². The minimum Gasteiger partial charge on any atom is -0.480 e. The molecule has 2 aromatic carbocycles. The van der Waals surface area contributed by atoms with Crippen LogP contribution in [0.4, 0.5) is 0 Å². The van der Waals surface area contributed by atoms with E-state index in [0.717, 1.165) is 51.7 Å². The molecule has 4 N–H and O–H groups in total. The van der Waals surface area contributed by atoms with Crippen molar-refractivity contribution in [2.75, 3.05) is 20.2 Å². The average molecular weight is 706 g/mol. The zero-order valence-corrected chi connectivity index (χ0v) is 29.3. The van der Waals surface area contributed by atoms with E-state index < -0.39 is 0 Å². The molecule has 12 heteroatoms. The van der Waals surface area contributed by atoms with Gasteiger partial charge in [-0.15, -0.1) is 0 Å². The quantitative estimate of drug-likeness (QED) is 0.145. The van der Waals surface area contributed by atoms with E-state index in [1.807, 2.05) is 54.7 Å². The number of hydrogen-bond acceptors (Lipinski definition) is 8. The van der Waals surface area contributed by atoms with Gasteiger partial charge in [0, 0.05) is 79.5 Å². The summed E-state index contributed by atoms with van der Waals surface area (Å²) in [5, 5.41) is 13.1. The molecule has 2 aliphatic heterocycles. The summed E-state index contributed by atoms with van der Waals surface area (Å²) in [4.78, 5) is 45.7. The maximum Gasteiger partial charge on any atom is 0.259 e. The number of benzene rings is 2. The largest absolute Gasteiger partial charge is 0.480 e. The van der Waals surface area contributed by atoms with Gasteiger partial charge in [-0.3, -0.25) is 23.8 Å². The minimum absolute atomic E-state index is 0.0702. The average Bonchev–Trinajstić information content (AvgIpc) is 3.76. The van der Waals surface area contributed by atoms with Crippen molar-refractivity contribution in [3.8, 4) is 39.4 Å². The van der Waals surface area contributed by atoms with Gasteiger partial charge in [0.15, 0.2) is 0 Å². The summed E-state index contributed by atoms with van der Waals surface area (Å²) in [6.07, 6.45) is 6.27. The number of hydrogen-bond donors (Lipinski definition) is 4. The van der Waals surface area contributed by atoms with E-state index in [2.05, 4.69) is 45.3 Å². The number of pyridine rings is 2. The molecule has 0 aliphatic carbocycles. The SMILES string of the molecule is COc1nc(-c2cccc(-c3cccc(-c4ccn5c(=O)c(CNC[C@@H]6CCC(=O)N6)ccc5c4)c3C)c2Cl)cnc1CNC[C@@H]1CCC(=O)N1. The summed E-state index contributed by atoms with van der Waals surface area (Å²) in [6, 6.07) is 20.1. The predicted molar refractivity (Wildman–Crippen MR) is 198 cm³/mol. The zero-order valence-electron chi connectivity index (χ0n) is 28.6. The van der Waals surface area contributed by atoms with Gasteiger partial charge in [0.2, 0.25) is 17.7 Å². The first-order chi connectivity index (χ1) is 24.8. The third-order valence-electron chi connectivity index (χ3n) is 9.71. The lowest BCUT2D eigenvalue weighted by Crippen LogP contribution is -2.36. The Balaban J connectivity index is 1.10. The third-order valence-corrected chi connectivity index (χ3v) is 10.1. The number of halogens is 1. The number of nitrogens with one attached hydrogen (secondary N) is 4. The maximum atomic E-state index is 13.3. The molecule has 2 amide bonds. The normalized spacial score (nSPS) is 17.2. The predicted octanol–water partition coefficient (Wildman–Crippen LogP) is 4.80. The van der Waals surface area contributed by atoms with Crippen molar-refractivity contribution in [3.05, 3.63) is 105 Å². The highest BCUT2D eigenvalue weighted by Gasteiger charge is 2.22. The molecule has 5 aromatic rings. The molecule has 0 spiro atoms. The highest BCUT2D eigenvalue weighted by atomic mass is 35.5. The number of nitrogens with zero attached hydrogens (tertiary/aromatic N) is 3. The van der Waals surface area contributed by atoms with Gasteiger partial charge in [0.25, 0.3) is 5.56 Å². The number of ether oxygens (including phenoxy) is 1. The molecule has 7 rings (SSSR count). The van der Waals surface area contributed by atoms with Gasteiger partial charge in [-0.2, -0.15) is 0 Å². The van der Waals surface area contributed by atoms with Crippen LogP contribution in [0.5, 0.6) is 5.88 Å². The van der Waals surface area contributed by atoms with Gasteiger partial charge < -0.3 is 26.0 Å². The Bertz CT molecular complexity index is 2190. The number of aromatic nitrogens is 3. The van der Waals surface area contributed by atoms with Gasteiger partial charge in [0.1, 0.15) is 5.69 Å². The third kappa shape index (κ3) is 7.37. The van der Waals surface area contributed by atoms with Crippen LogP contribution in [0.15, 0.2) is 77.9 Å². The van der Waals surface area contributed by atoms with Crippen molar-refractivity contribution in [1.29, 1.82) is 0 Å². The second-order valence-corrected chi connectivity index (χ2v) is 13.5. The van der Waals surface area contributed by atoms with Crippen LogP contribution in [0.1, 0.15) is 42.5 Å². The Morgan fingerprint density at radius 1 is 0.863 bits per heavy atom. The van der Waals surface area contributed by atoms with Crippen LogP contribution in [-0.4, -0.2) is 58.5 Å². The maximum absolute atomic E-state index is 13.3. The van der Waals surface area contributed by atoms with Crippen molar-refractivity contribution < 1.29 is 14.3 Å². The number of methoxy groups -OCH3 is 1. The molecular formula is C39H40ClN7O4. The van der Waals surface area contributed by atoms with E-state index in [0.29, 0.717) is 66.9 Å². The van der Waals surface area contributed by atoms with Crippen LogP contribution in [0.3, 0.4) is 0 Å². The Kier molecular flexibility index (Phi) is 10.1. The monoisotopic (exact) mass is 705 g/mol. The Morgan fingerprint density at radius 3 is 2.22 bits per heavy atom. The van der Waals surface area contributed by atoms with Crippen molar-refractivity contribution in [1.82, 2.24) is 35.6 Å². The summed E-state index contributed by atoms with van der Waals surface area (Å²) >= 11 is 7.12. The van der Waals surface area contributed by atoms with E-state index in [9.17, 15) is 14.4 Å².